The molecule has 0 atom stereocenters. The molecule has 0 aromatic heterocycles. The number of aryl methyl sites for hydroxylation is 2. The van der Waals surface area contributed by atoms with E-state index < -0.39 is 0 Å². The summed E-state index contributed by atoms with van der Waals surface area (Å²) in [7, 11) is 0. The number of rotatable bonds is 3. The summed E-state index contributed by atoms with van der Waals surface area (Å²) in [6.07, 6.45) is 2.41. The zero-order valence-corrected chi connectivity index (χ0v) is 13.3. The number of hydrogen-bond acceptors (Lipinski definition) is 2. The van der Waals surface area contributed by atoms with Crippen LogP contribution in [0.3, 0.4) is 0 Å². The zero-order chi connectivity index (χ0) is 13.9. The first-order valence-electron chi connectivity index (χ1n) is 7.09. The van der Waals surface area contributed by atoms with Gasteiger partial charge in [-0.25, -0.2) is 0 Å². The number of hydrogen-bond donors (Lipinski definition) is 2. The predicted molar refractivity (Wildman–Crippen MR) is 89.5 cm³/mol. The van der Waals surface area contributed by atoms with Gasteiger partial charge >= 0.3 is 0 Å². The Morgan fingerprint density at radius 1 is 1.25 bits per heavy atom. The molecule has 2 aromatic carbocycles. The highest BCUT2D eigenvalue weighted by Crippen LogP contribution is 2.28. The fourth-order valence-corrected chi connectivity index (χ4v) is 3.08. The summed E-state index contributed by atoms with van der Waals surface area (Å²) in [5.74, 6) is 0. The molecule has 0 radical (unpaired) electrons. The lowest BCUT2D eigenvalue weighted by Gasteiger charge is -2.21. The van der Waals surface area contributed by atoms with Crippen molar-refractivity contribution in [3.8, 4) is 0 Å². The molecule has 0 amide bonds. The molecule has 0 saturated carbocycles. The van der Waals surface area contributed by atoms with E-state index in [2.05, 4.69) is 69.9 Å². The second kappa shape index (κ2) is 5.88. The highest BCUT2D eigenvalue weighted by Gasteiger charge is 2.12. The molecule has 0 bridgehead atoms. The van der Waals surface area contributed by atoms with Crippen LogP contribution in [0.1, 0.15) is 23.1 Å². The normalized spacial score (nSPS) is 13.5. The quantitative estimate of drug-likeness (QED) is 0.850. The van der Waals surface area contributed by atoms with Gasteiger partial charge in [-0.1, -0.05) is 24.3 Å². The van der Waals surface area contributed by atoms with E-state index in [-0.39, 0.29) is 0 Å². The Labute approximate surface area is 128 Å². The minimum absolute atomic E-state index is 0.845. The van der Waals surface area contributed by atoms with Gasteiger partial charge in [-0.15, -0.1) is 0 Å². The van der Waals surface area contributed by atoms with Gasteiger partial charge in [0.2, 0.25) is 0 Å². The Balaban J connectivity index is 1.80. The molecule has 2 N–H and O–H groups in total. The molecule has 0 spiro atoms. The monoisotopic (exact) mass is 330 g/mol. The first kappa shape index (κ1) is 13.5. The third-order valence-corrected chi connectivity index (χ3v) is 4.44. The highest BCUT2D eigenvalue weighted by molar-refractivity contribution is 9.10. The maximum absolute atomic E-state index is 3.60. The average Bonchev–Trinajstić information content (AvgIpc) is 2.48. The van der Waals surface area contributed by atoms with Gasteiger partial charge in [0, 0.05) is 28.9 Å². The zero-order valence-electron chi connectivity index (χ0n) is 11.7. The molecular weight excluding hydrogens is 312 g/mol. The van der Waals surface area contributed by atoms with Crippen LogP contribution in [0.25, 0.3) is 0 Å². The lowest BCUT2D eigenvalue weighted by molar-refractivity contribution is 0.825. The van der Waals surface area contributed by atoms with Gasteiger partial charge < -0.3 is 10.6 Å². The van der Waals surface area contributed by atoms with E-state index in [1.807, 2.05) is 0 Å². The molecular formula is C17H19BrN2. The van der Waals surface area contributed by atoms with E-state index in [0.717, 1.165) is 23.2 Å². The first-order chi connectivity index (χ1) is 9.74. The van der Waals surface area contributed by atoms with Crippen LogP contribution < -0.4 is 10.6 Å². The number of halogens is 1. The fraction of sp³-hybridized carbons (Fsp3) is 0.294. The van der Waals surface area contributed by atoms with Gasteiger partial charge in [0.15, 0.2) is 0 Å². The highest BCUT2D eigenvalue weighted by atomic mass is 79.9. The molecule has 0 aliphatic carbocycles. The van der Waals surface area contributed by atoms with Crippen LogP contribution in [0.5, 0.6) is 0 Å². The van der Waals surface area contributed by atoms with Gasteiger partial charge in [0.25, 0.3) is 0 Å². The lowest BCUT2D eigenvalue weighted by Crippen LogP contribution is -2.15. The van der Waals surface area contributed by atoms with Crippen molar-refractivity contribution in [2.45, 2.75) is 26.3 Å². The second-order valence-electron chi connectivity index (χ2n) is 5.32. The van der Waals surface area contributed by atoms with Crippen molar-refractivity contribution in [3.05, 3.63) is 57.6 Å². The standard InChI is InChI=1S/C17H19BrN2/c1-12-7-8-15(18)16(10-12)20-11-14-5-2-4-13-6-3-9-19-17(13)14/h2,4-5,7-8,10,19-20H,3,6,9,11H2,1H3. The molecule has 20 heavy (non-hydrogen) atoms. The number of nitrogens with one attached hydrogen (secondary N) is 2. The second-order valence-corrected chi connectivity index (χ2v) is 6.17. The third-order valence-electron chi connectivity index (χ3n) is 3.75. The van der Waals surface area contributed by atoms with Gasteiger partial charge in [-0.2, -0.15) is 0 Å². The molecule has 3 rings (SSSR count). The molecule has 1 aliphatic heterocycles. The van der Waals surface area contributed by atoms with Crippen LogP contribution in [0.2, 0.25) is 0 Å². The maximum atomic E-state index is 3.60. The summed E-state index contributed by atoms with van der Waals surface area (Å²) in [5, 5.41) is 7.08. The van der Waals surface area contributed by atoms with E-state index in [0.29, 0.717) is 0 Å². The predicted octanol–water partition coefficient (Wildman–Crippen LogP) is 4.73. The van der Waals surface area contributed by atoms with Crippen molar-refractivity contribution in [3.63, 3.8) is 0 Å². The van der Waals surface area contributed by atoms with E-state index >= 15 is 0 Å². The topological polar surface area (TPSA) is 24.1 Å². The molecule has 104 valence electrons. The molecule has 3 heteroatoms. The molecule has 0 unspecified atom stereocenters. The van der Waals surface area contributed by atoms with Crippen LogP contribution in [0, 0.1) is 6.92 Å². The summed E-state index contributed by atoms with van der Waals surface area (Å²) < 4.78 is 1.11. The average molecular weight is 331 g/mol. The van der Waals surface area contributed by atoms with Crippen molar-refractivity contribution in [2.75, 3.05) is 17.2 Å². The van der Waals surface area contributed by atoms with Gasteiger partial charge in [-0.3, -0.25) is 0 Å². The Morgan fingerprint density at radius 3 is 3.05 bits per heavy atom. The third kappa shape index (κ3) is 2.83. The summed E-state index contributed by atoms with van der Waals surface area (Å²) in [5.41, 5.74) is 6.53. The van der Waals surface area contributed by atoms with Crippen molar-refractivity contribution in [1.82, 2.24) is 0 Å². The minimum atomic E-state index is 0.845. The maximum Gasteiger partial charge on any atom is 0.0489 e. The first-order valence-corrected chi connectivity index (χ1v) is 7.88. The molecule has 2 nitrogen and oxygen atoms in total. The Morgan fingerprint density at radius 2 is 2.15 bits per heavy atom. The summed E-state index contributed by atoms with van der Waals surface area (Å²) in [6.45, 7) is 4.04. The Kier molecular flexibility index (Phi) is 3.97. The van der Waals surface area contributed by atoms with Gasteiger partial charge in [0.1, 0.15) is 0 Å². The van der Waals surface area contributed by atoms with Crippen molar-refractivity contribution < 1.29 is 0 Å². The molecule has 2 aromatic rings. The summed E-state index contributed by atoms with van der Waals surface area (Å²) in [6, 6.07) is 13.0. The van der Waals surface area contributed by atoms with E-state index in [1.54, 1.807) is 0 Å². The molecule has 0 fully saturated rings. The fourth-order valence-electron chi connectivity index (χ4n) is 2.69. The van der Waals surface area contributed by atoms with Gasteiger partial charge in [0.05, 0.1) is 0 Å². The Bertz CT molecular complexity index is 622. The van der Waals surface area contributed by atoms with E-state index in [4.69, 9.17) is 0 Å². The largest absolute Gasteiger partial charge is 0.385 e. The number of benzene rings is 2. The summed E-state index contributed by atoms with van der Waals surface area (Å²) >= 11 is 3.60. The number of anilines is 2. The van der Waals surface area contributed by atoms with Crippen LogP contribution in [-0.2, 0) is 13.0 Å². The lowest BCUT2D eigenvalue weighted by atomic mass is 9.99. The van der Waals surface area contributed by atoms with E-state index in [9.17, 15) is 0 Å². The Hall–Kier alpha value is -1.48. The van der Waals surface area contributed by atoms with Crippen LogP contribution in [0.15, 0.2) is 40.9 Å². The van der Waals surface area contributed by atoms with E-state index in [1.165, 1.54) is 35.2 Å². The van der Waals surface area contributed by atoms with Gasteiger partial charge in [-0.05, 0) is 64.5 Å². The smallest absolute Gasteiger partial charge is 0.0489 e. The SMILES string of the molecule is Cc1ccc(Br)c(NCc2cccc3c2NCCC3)c1. The number of fused-ring (bicyclic) bond motifs is 1. The molecule has 1 heterocycles. The summed E-state index contributed by atoms with van der Waals surface area (Å²) in [4.78, 5) is 0. The molecule has 1 aliphatic rings. The molecule has 0 saturated heterocycles. The minimum Gasteiger partial charge on any atom is -0.385 e. The number of para-hydroxylation sites is 1. The van der Waals surface area contributed by atoms with Crippen LogP contribution >= 0.6 is 15.9 Å². The van der Waals surface area contributed by atoms with Crippen molar-refractivity contribution >= 4 is 27.3 Å². The van der Waals surface area contributed by atoms with Crippen LogP contribution in [-0.4, -0.2) is 6.54 Å². The van der Waals surface area contributed by atoms with Crippen molar-refractivity contribution in [1.29, 1.82) is 0 Å². The van der Waals surface area contributed by atoms with Crippen LogP contribution in [0.4, 0.5) is 11.4 Å². The van der Waals surface area contributed by atoms with Crippen molar-refractivity contribution in [2.24, 2.45) is 0 Å².